The molecule has 1 rings (SSSR count). The summed E-state index contributed by atoms with van der Waals surface area (Å²) in [5, 5.41) is 8.38. The zero-order chi connectivity index (χ0) is 13.7. The van der Waals surface area contributed by atoms with Crippen molar-refractivity contribution >= 4 is 29.1 Å². The molecule has 0 aliphatic carbocycles. The number of benzene rings is 1. The normalized spacial score (nSPS) is 11.8. The molecule has 0 saturated carbocycles. The molecule has 0 aliphatic rings. The van der Waals surface area contributed by atoms with E-state index in [1.165, 1.54) is 7.05 Å². The average molecular weight is 270 g/mol. The predicted molar refractivity (Wildman–Crippen MR) is 72.0 cm³/mol. The zero-order valence-corrected chi connectivity index (χ0v) is 11.3. The molecule has 1 atom stereocenters. The van der Waals surface area contributed by atoms with Crippen molar-refractivity contribution in [3.63, 3.8) is 0 Å². The molecule has 3 N–H and O–H groups in total. The summed E-state index contributed by atoms with van der Waals surface area (Å²) in [4.78, 5) is 23.2. The van der Waals surface area contributed by atoms with Crippen LogP contribution < -0.4 is 16.0 Å². The number of carbonyl (C=O) groups is 2. The van der Waals surface area contributed by atoms with Crippen molar-refractivity contribution in [2.24, 2.45) is 0 Å². The first kappa shape index (κ1) is 14.5. The third-order valence-corrected chi connectivity index (χ3v) is 2.87. The van der Waals surface area contributed by atoms with E-state index in [0.29, 0.717) is 16.3 Å². The minimum absolute atomic E-state index is 0.214. The van der Waals surface area contributed by atoms with E-state index in [1.807, 2.05) is 0 Å². The lowest BCUT2D eigenvalue weighted by molar-refractivity contribution is -0.117. The smallest absolute Gasteiger partial charge is 0.251 e. The Morgan fingerprint density at radius 2 is 1.94 bits per heavy atom. The lowest BCUT2D eigenvalue weighted by Gasteiger charge is -2.13. The van der Waals surface area contributed by atoms with Gasteiger partial charge in [-0.1, -0.05) is 11.6 Å². The Balaban J connectivity index is 2.94. The average Bonchev–Trinajstić information content (AvgIpc) is 2.39. The van der Waals surface area contributed by atoms with Gasteiger partial charge in [-0.2, -0.15) is 0 Å². The summed E-state index contributed by atoms with van der Waals surface area (Å²) in [5.74, 6) is -0.447. The highest BCUT2D eigenvalue weighted by Gasteiger charge is 2.13. The van der Waals surface area contributed by atoms with Crippen molar-refractivity contribution in [1.29, 1.82) is 0 Å². The molecular formula is C12H16ClN3O2. The molecule has 0 spiro atoms. The van der Waals surface area contributed by atoms with Crippen LogP contribution in [0.3, 0.4) is 0 Å². The lowest BCUT2D eigenvalue weighted by atomic mass is 10.2. The van der Waals surface area contributed by atoms with Crippen molar-refractivity contribution in [1.82, 2.24) is 10.6 Å². The van der Waals surface area contributed by atoms with Crippen LogP contribution >= 0.6 is 11.6 Å². The van der Waals surface area contributed by atoms with Gasteiger partial charge in [0.05, 0.1) is 16.8 Å². The van der Waals surface area contributed by atoms with Gasteiger partial charge >= 0.3 is 0 Å². The molecule has 6 heteroatoms. The van der Waals surface area contributed by atoms with Gasteiger partial charge in [-0.05, 0) is 32.2 Å². The maximum absolute atomic E-state index is 11.7. The zero-order valence-electron chi connectivity index (χ0n) is 10.5. The number of amides is 2. The molecule has 5 nitrogen and oxygen atoms in total. The molecular weight excluding hydrogens is 254 g/mol. The second kappa shape index (κ2) is 6.37. The van der Waals surface area contributed by atoms with E-state index >= 15 is 0 Å². The van der Waals surface area contributed by atoms with Crippen molar-refractivity contribution < 1.29 is 9.59 Å². The molecule has 0 fully saturated rings. The highest BCUT2D eigenvalue weighted by Crippen LogP contribution is 2.23. The Kier molecular flexibility index (Phi) is 5.12. The number of halogens is 1. The van der Waals surface area contributed by atoms with Gasteiger partial charge in [-0.3, -0.25) is 9.59 Å². The standard InChI is InChI=1S/C12H16ClN3O2/c1-7(14-2)11(17)16-10-6-8(12(18)15-3)4-5-9(10)13/h4-7,14H,1-3H3,(H,15,18)(H,16,17). The maximum Gasteiger partial charge on any atom is 0.251 e. The number of nitrogens with one attached hydrogen (secondary N) is 3. The third-order valence-electron chi connectivity index (χ3n) is 2.54. The summed E-state index contributed by atoms with van der Waals surface area (Å²) < 4.78 is 0. The van der Waals surface area contributed by atoms with Crippen molar-refractivity contribution in [3.8, 4) is 0 Å². The molecule has 18 heavy (non-hydrogen) atoms. The molecule has 0 heterocycles. The number of hydrogen-bond acceptors (Lipinski definition) is 3. The van der Waals surface area contributed by atoms with Crippen LogP contribution in [0.5, 0.6) is 0 Å². The Hall–Kier alpha value is -1.59. The van der Waals surface area contributed by atoms with E-state index in [2.05, 4.69) is 16.0 Å². The first-order valence-electron chi connectivity index (χ1n) is 5.49. The van der Waals surface area contributed by atoms with Crippen LogP contribution in [0.2, 0.25) is 5.02 Å². The molecule has 0 radical (unpaired) electrons. The first-order valence-corrected chi connectivity index (χ1v) is 5.87. The molecule has 1 aromatic carbocycles. The Bertz CT molecular complexity index is 463. The minimum Gasteiger partial charge on any atom is -0.355 e. The molecule has 1 unspecified atom stereocenters. The van der Waals surface area contributed by atoms with Gasteiger partial charge < -0.3 is 16.0 Å². The van der Waals surface area contributed by atoms with Gasteiger partial charge in [-0.15, -0.1) is 0 Å². The van der Waals surface area contributed by atoms with Crippen molar-refractivity contribution in [2.75, 3.05) is 19.4 Å². The minimum atomic E-state index is -0.343. The predicted octanol–water partition coefficient (Wildman–Crippen LogP) is 1.25. The summed E-state index contributed by atoms with van der Waals surface area (Å²) in [6.07, 6.45) is 0. The number of anilines is 1. The molecule has 0 aliphatic heterocycles. The SMILES string of the molecule is CNC(=O)c1ccc(Cl)c(NC(=O)C(C)NC)c1. The molecule has 98 valence electrons. The lowest BCUT2D eigenvalue weighted by Crippen LogP contribution is -2.35. The highest BCUT2D eigenvalue weighted by atomic mass is 35.5. The molecule has 0 saturated heterocycles. The fourth-order valence-corrected chi connectivity index (χ4v) is 1.44. The van der Waals surface area contributed by atoms with Crippen LogP contribution in [0.4, 0.5) is 5.69 Å². The van der Waals surface area contributed by atoms with Gasteiger partial charge in [0.25, 0.3) is 5.91 Å². The van der Waals surface area contributed by atoms with Gasteiger partial charge in [0, 0.05) is 12.6 Å². The molecule has 0 bridgehead atoms. The highest BCUT2D eigenvalue weighted by molar-refractivity contribution is 6.34. The van der Waals surface area contributed by atoms with Crippen molar-refractivity contribution in [2.45, 2.75) is 13.0 Å². The largest absolute Gasteiger partial charge is 0.355 e. The summed E-state index contributed by atoms with van der Waals surface area (Å²) in [7, 11) is 3.23. The fourth-order valence-electron chi connectivity index (χ4n) is 1.28. The van der Waals surface area contributed by atoms with Crippen molar-refractivity contribution in [3.05, 3.63) is 28.8 Å². The third kappa shape index (κ3) is 3.45. The monoisotopic (exact) mass is 269 g/mol. The van der Waals surface area contributed by atoms with E-state index in [9.17, 15) is 9.59 Å². The second-order valence-corrected chi connectivity index (χ2v) is 4.18. The van der Waals surface area contributed by atoms with E-state index in [-0.39, 0.29) is 17.9 Å². The first-order chi connectivity index (χ1) is 8.49. The maximum atomic E-state index is 11.7. The molecule has 0 aromatic heterocycles. The number of carbonyl (C=O) groups excluding carboxylic acids is 2. The number of rotatable bonds is 4. The Morgan fingerprint density at radius 3 is 2.50 bits per heavy atom. The quantitative estimate of drug-likeness (QED) is 0.770. The van der Waals surface area contributed by atoms with Crippen LogP contribution in [0.25, 0.3) is 0 Å². The second-order valence-electron chi connectivity index (χ2n) is 3.77. The van der Waals surface area contributed by atoms with Gasteiger partial charge in [0.2, 0.25) is 5.91 Å². The van der Waals surface area contributed by atoms with Gasteiger partial charge in [0.1, 0.15) is 0 Å². The topological polar surface area (TPSA) is 70.2 Å². The summed E-state index contributed by atoms with van der Waals surface area (Å²) in [6, 6.07) is 4.37. The molecule has 1 aromatic rings. The van der Waals surface area contributed by atoms with Crippen LogP contribution in [0.1, 0.15) is 17.3 Å². The van der Waals surface area contributed by atoms with Crippen LogP contribution in [0.15, 0.2) is 18.2 Å². The fraction of sp³-hybridized carbons (Fsp3) is 0.333. The van der Waals surface area contributed by atoms with Crippen LogP contribution in [0, 0.1) is 0 Å². The molecule has 2 amide bonds. The summed E-state index contributed by atoms with van der Waals surface area (Å²) >= 11 is 5.97. The van der Waals surface area contributed by atoms with Crippen LogP contribution in [-0.4, -0.2) is 32.0 Å². The van der Waals surface area contributed by atoms with Crippen LogP contribution in [-0.2, 0) is 4.79 Å². The number of hydrogen-bond donors (Lipinski definition) is 3. The Labute approximate surface area is 111 Å². The van der Waals surface area contributed by atoms with E-state index in [4.69, 9.17) is 11.6 Å². The summed E-state index contributed by atoms with van der Waals surface area (Å²) in [6.45, 7) is 1.73. The number of likely N-dealkylation sites (N-methyl/N-ethyl adjacent to an activating group) is 1. The van der Waals surface area contributed by atoms with E-state index in [1.54, 1.807) is 32.2 Å². The van der Waals surface area contributed by atoms with Gasteiger partial charge in [0.15, 0.2) is 0 Å². The van der Waals surface area contributed by atoms with E-state index < -0.39 is 0 Å². The van der Waals surface area contributed by atoms with E-state index in [0.717, 1.165) is 0 Å². The Morgan fingerprint density at radius 1 is 1.28 bits per heavy atom. The summed E-state index contributed by atoms with van der Waals surface area (Å²) in [5.41, 5.74) is 0.860. The van der Waals surface area contributed by atoms with Gasteiger partial charge in [-0.25, -0.2) is 0 Å².